The summed E-state index contributed by atoms with van der Waals surface area (Å²) in [5.41, 5.74) is 2.17. The summed E-state index contributed by atoms with van der Waals surface area (Å²) in [7, 11) is 0. The van der Waals surface area contributed by atoms with Crippen LogP contribution in [0.2, 0.25) is 5.02 Å². The van der Waals surface area contributed by atoms with Crippen LogP contribution >= 0.6 is 11.6 Å². The number of hydrogen-bond acceptors (Lipinski definition) is 4. The summed E-state index contributed by atoms with van der Waals surface area (Å²) in [6.07, 6.45) is 6.13. The van der Waals surface area contributed by atoms with Gasteiger partial charge in [0.2, 0.25) is 0 Å². The maximum absolute atomic E-state index is 12.5. The van der Waals surface area contributed by atoms with Gasteiger partial charge in [0.25, 0.3) is 5.91 Å². The SMILES string of the molecule is O=C(NCC1CCCCC1)c1nnn2c1CO[C@H](c1ccc(Cl)cc1)C2. The molecular weight excluding hydrogens is 352 g/mol. The number of aromatic nitrogens is 3. The third kappa shape index (κ3) is 3.76. The van der Waals surface area contributed by atoms with E-state index in [-0.39, 0.29) is 12.0 Å². The molecule has 6 nitrogen and oxygen atoms in total. The van der Waals surface area contributed by atoms with Crippen molar-refractivity contribution in [3.63, 3.8) is 0 Å². The van der Waals surface area contributed by atoms with Crippen molar-refractivity contribution in [2.24, 2.45) is 5.92 Å². The predicted octanol–water partition coefficient (Wildman–Crippen LogP) is 3.51. The molecule has 138 valence electrons. The molecule has 7 heteroatoms. The van der Waals surface area contributed by atoms with Crippen molar-refractivity contribution in [1.82, 2.24) is 20.3 Å². The first kappa shape index (κ1) is 17.5. The van der Waals surface area contributed by atoms with Crippen LogP contribution in [0, 0.1) is 5.92 Å². The molecule has 1 amide bonds. The highest BCUT2D eigenvalue weighted by atomic mass is 35.5. The number of nitrogens with one attached hydrogen (secondary N) is 1. The Kier molecular flexibility index (Phi) is 5.22. The van der Waals surface area contributed by atoms with E-state index in [1.54, 1.807) is 4.68 Å². The van der Waals surface area contributed by atoms with Crippen molar-refractivity contribution >= 4 is 17.5 Å². The van der Waals surface area contributed by atoms with E-state index in [4.69, 9.17) is 16.3 Å². The number of fused-ring (bicyclic) bond motifs is 1. The number of benzene rings is 1. The number of carbonyl (C=O) groups excluding carboxylic acids is 1. The van der Waals surface area contributed by atoms with E-state index in [9.17, 15) is 4.79 Å². The molecule has 0 unspecified atom stereocenters. The van der Waals surface area contributed by atoms with Gasteiger partial charge in [-0.25, -0.2) is 4.68 Å². The summed E-state index contributed by atoms with van der Waals surface area (Å²) in [5.74, 6) is 0.440. The number of rotatable bonds is 4. The predicted molar refractivity (Wildman–Crippen MR) is 97.9 cm³/mol. The van der Waals surface area contributed by atoms with Crippen LogP contribution in [-0.2, 0) is 17.9 Å². The highest BCUT2D eigenvalue weighted by Gasteiger charge is 2.28. The van der Waals surface area contributed by atoms with Crippen molar-refractivity contribution in [3.8, 4) is 0 Å². The minimum atomic E-state index is -0.148. The van der Waals surface area contributed by atoms with Gasteiger partial charge in [0.15, 0.2) is 5.69 Å². The Hall–Kier alpha value is -1.92. The second-order valence-corrected chi connectivity index (χ2v) is 7.57. The van der Waals surface area contributed by atoms with Gasteiger partial charge in [0, 0.05) is 11.6 Å². The molecular formula is C19H23ClN4O2. The average Bonchev–Trinajstić information content (AvgIpc) is 3.11. The number of halogens is 1. The molecule has 2 heterocycles. The standard InChI is InChI=1S/C19H23ClN4O2/c20-15-8-6-14(7-9-15)17-11-24-16(12-26-17)18(22-23-24)19(25)21-10-13-4-2-1-3-5-13/h6-9,13,17H,1-5,10-12H2,(H,21,25)/t17-/m0/s1. The Morgan fingerprint density at radius 2 is 2.00 bits per heavy atom. The number of amides is 1. The van der Waals surface area contributed by atoms with Crippen LogP contribution in [-0.4, -0.2) is 27.4 Å². The van der Waals surface area contributed by atoms with Crippen LogP contribution in [0.1, 0.15) is 60.0 Å². The summed E-state index contributed by atoms with van der Waals surface area (Å²) in [4.78, 5) is 12.5. The van der Waals surface area contributed by atoms with Gasteiger partial charge in [-0.15, -0.1) is 5.10 Å². The second kappa shape index (κ2) is 7.76. The molecule has 0 saturated heterocycles. The smallest absolute Gasteiger partial charge is 0.273 e. The molecule has 4 rings (SSSR count). The average molecular weight is 375 g/mol. The fraction of sp³-hybridized carbons (Fsp3) is 0.526. The third-order valence-electron chi connectivity index (χ3n) is 5.33. The highest BCUT2D eigenvalue weighted by Crippen LogP contribution is 2.28. The first-order valence-electron chi connectivity index (χ1n) is 9.28. The van der Waals surface area contributed by atoms with Crippen LogP contribution in [0.15, 0.2) is 24.3 Å². The summed E-state index contributed by atoms with van der Waals surface area (Å²) in [5, 5.41) is 12.0. The topological polar surface area (TPSA) is 69.0 Å². The van der Waals surface area contributed by atoms with Gasteiger partial charge in [-0.3, -0.25) is 4.79 Å². The Morgan fingerprint density at radius 3 is 2.77 bits per heavy atom. The van der Waals surface area contributed by atoms with Crippen LogP contribution in [0.25, 0.3) is 0 Å². The zero-order chi connectivity index (χ0) is 17.9. The monoisotopic (exact) mass is 374 g/mol. The van der Waals surface area contributed by atoms with E-state index in [1.807, 2.05) is 24.3 Å². The lowest BCUT2D eigenvalue weighted by atomic mass is 9.89. The molecule has 1 aromatic carbocycles. The normalized spacial score (nSPS) is 20.6. The first-order valence-corrected chi connectivity index (χ1v) is 9.66. The van der Waals surface area contributed by atoms with Crippen LogP contribution in [0.3, 0.4) is 0 Å². The number of hydrogen-bond donors (Lipinski definition) is 1. The van der Waals surface area contributed by atoms with Crippen molar-refractivity contribution in [1.29, 1.82) is 0 Å². The fourth-order valence-corrected chi connectivity index (χ4v) is 3.91. The zero-order valence-corrected chi connectivity index (χ0v) is 15.4. The van der Waals surface area contributed by atoms with Gasteiger partial charge in [0.1, 0.15) is 6.10 Å². The van der Waals surface area contributed by atoms with E-state index in [1.165, 1.54) is 32.1 Å². The first-order chi connectivity index (χ1) is 12.7. The summed E-state index contributed by atoms with van der Waals surface area (Å²) >= 11 is 5.94. The molecule has 2 aromatic rings. The molecule has 2 aliphatic rings. The van der Waals surface area contributed by atoms with Gasteiger partial charge in [-0.1, -0.05) is 48.2 Å². The van der Waals surface area contributed by atoms with Crippen LogP contribution < -0.4 is 5.32 Å². The Morgan fingerprint density at radius 1 is 1.23 bits per heavy atom. The summed E-state index contributed by atoms with van der Waals surface area (Å²) in [6, 6.07) is 7.60. The number of nitrogens with zero attached hydrogens (tertiary/aromatic N) is 3. The molecule has 1 N–H and O–H groups in total. The summed E-state index contributed by atoms with van der Waals surface area (Å²) in [6.45, 7) is 1.59. The molecule has 26 heavy (non-hydrogen) atoms. The number of ether oxygens (including phenoxy) is 1. The lowest BCUT2D eigenvalue weighted by molar-refractivity contribution is -0.00177. The van der Waals surface area contributed by atoms with Gasteiger partial charge in [-0.2, -0.15) is 0 Å². The molecule has 0 bridgehead atoms. The Balaban J connectivity index is 1.40. The minimum Gasteiger partial charge on any atom is -0.365 e. The molecule has 1 aliphatic carbocycles. The largest absolute Gasteiger partial charge is 0.365 e. The number of carbonyl (C=O) groups is 1. The second-order valence-electron chi connectivity index (χ2n) is 7.13. The Bertz CT molecular complexity index is 768. The fourth-order valence-electron chi connectivity index (χ4n) is 3.78. The van der Waals surface area contributed by atoms with Gasteiger partial charge in [-0.05, 0) is 36.5 Å². The third-order valence-corrected chi connectivity index (χ3v) is 5.58. The van der Waals surface area contributed by atoms with Crippen molar-refractivity contribution in [3.05, 3.63) is 46.2 Å². The zero-order valence-electron chi connectivity index (χ0n) is 14.7. The maximum atomic E-state index is 12.5. The molecule has 1 aromatic heterocycles. The molecule has 1 fully saturated rings. The lowest BCUT2D eigenvalue weighted by Gasteiger charge is -2.24. The van der Waals surface area contributed by atoms with Crippen LogP contribution in [0.5, 0.6) is 0 Å². The lowest BCUT2D eigenvalue weighted by Crippen LogP contribution is -2.32. The van der Waals surface area contributed by atoms with Crippen molar-refractivity contribution < 1.29 is 9.53 Å². The van der Waals surface area contributed by atoms with Crippen molar-refractivity contribution in [2.45, 2.75) is 51.4 Å². The molecule has 1 saturated carbocycles. The van der Waals surface area contributed by atoms with E-state index in [2.05, 4.69) is 15.6 Å². The molecule has 1 aliphatic heterocycles. The maximum Gasteiger partial charge on any atom is 0.273 e. The highest BCUT2D eigenvalue weighted by molar-refractivity contribution is 6.30. The van der Waals surface area contributed by atoms with E-state index in [0.717, 1.165) is 17.8 Å². The van der Waals surface area contributed by atoms with E-state index < -0.39 is 0 Å². The van der Waals surface area contributed by atoms with E-state index in [0.29, 0.717) is 29.8 Å². The van der Waals surface area contributed by atoms with Crippen LogP contribution in [0.4, 0.5) is 0 Å². The quantitative estimate of drug-likeness (QED) is 0.889. The molecule has 1 atom stereocenters. The van der Waals surface area contributed by atoms with Gasteiger partial charge < -0.3 is 10.1 Å². The van der Waals surface area contributed by atoms with Crippen molar-refractivity contribution in [2.75, 3.05) is 6.54 Å². The molecule has 0 spiro atoms. The summed E-state index contributed by atoms with van der Waals surface area (Å²) < 4.78 is 7.73. The Labute approximate surface area is 157 Å². The van der Waals surface area contributed by atoms with E-state index >= 15 is 0 Å². The van der Waals surface area contributed by atoms with Gasteiger partial charge >= 0.3 is 0 Å². The van der Waals surface area contributed by atoms with Gasteiger partial charge in [0.05, 0.1) is 18.8 Å². The minimum absolute atomic E-state index is 0.111. The molecule has 0 radical (unpaired) electrons.